The van der Waals surface area contributed by atoms with Gasteiger partial charge in [0.15, 0.2) is 0 Å². The molecule has 7 heteroatoms. The van der Waals surface area contributed by atoms with Crippen molar-refractivity contribution in [2.75, 3.05) is 13.1 Å². The van der Waals surface area contributed by atoms with Gasteiger partial charge in [0.1, 0.15) is 0 Å². The molecule has 0 radical (unpaired) electrons. The van der Waals surface area contributed by atoms with Crippen molar-refractivity contribution in [3.63, 3.8) is 0 Å². The monoisotopic (exact) mass is 315 g/mol. The summed E-state index contributed by atoms with van der Waals surface area (Å²) in [5, 5.41) is 3.27. The molecule has 1 aromatic heterocycles. The fraction of sp³-hybridized carbons (Fsp3) is 0.357. The number of para-hydroxylation sites is 1. The minimum absolute atomic E-state index is 0.0499. The van der Waals surface area contributed by atoms with Gasteiger partial charge in [-0.15, -0.1) is 0 Å². The zero-order valence-corrected chi connectivity index (χ0v) is 11.7. The van der Waals surface area contributed by atoms with Crippen LogP contribution in [0.25, 0.3) is 5.69 Å². The van der Waals surface area contributed by atoms with Gasteiger partial charge in [0.2, 0.25) is 0 Å². The van der Waals surface area contributed by atoms with E-state index in [2.05, 4.69) is 10.3 Å². The average Bonchev–Trinajstić information content (AvgIpc) is 3.08. The van der Waals surface area contributed by atoms with Crippen LogP contribution in [0.4, 0.5) is 13.2 Å². The van der Waals surface area contributed by atoms with Crippen LogP contribution in [0.5, 0.6) is 0 Å². The number of benzene rings is 1. The number of imidazole rings is 1. The lowest BCUT2D eigenvalue weighted by Crippen LogP contribution is -2.15. The number of hydrogen-bond acceptors (Lipinski definition) is 2. The van der Waals surface area contributed by atoms with Gasteiger partial charge in [-0.05, 0) is 25.1 Å². The van der Waals surface area contributed by atoms with Crippen LogP contribution in [0.2, 0.25) is 5.02 Å². The number of halogens is 4. The summed E-state index contributed by atoms with van der Waals surface area (Å²) in [6, 6.07) is 3.81. The number of nitrogens with one attached hydrogen (secondary N) is 1. The third kappa shape index (κ3) is 2.65. The quantitative estimate of drug-likeness (QED) is 0.917. The van der Waals surface area contributed by atoms with Crippen molar-refractivity contribution in [2.24, 2.45) is 0 Å². The van der Waals surface area contributed by atoms with E-state index in [1.165, 1.54) is 23.0 Å². The van der Waals surface area contributed by atoms with Gasteiger partial charge in [-0.2, -0.15) is 13.2 Å². The van der Waals surface area contributed by atoms with Gasteiger partial charge >= 0.3 is 6.18 Å². The van der Waals surface area contributed by atoms with Gasteiger partial charge in [-0.1, -0.05) is 17.7 Å². The van der Waals surface area contributed by atoms with E-state index in [0.29, 0.717) is 0 Å². The first kappa shape index (κ1) is 14.4. The summed E-state index contributed by atoms with van der Waals surface area (Å²) < 4.78 is 41.1. The third-order valence-corrected chi connectivity index (χ3v) is 3.98. The highest BCUT2D eigenvalue weighted by Crippen LogP contribution is 2.38. The minimum atomic E-state index is -4.46. The molecular weight excluding hydrogens is 303 g/mol. The van der Waals surface area contributed by atoms with Crippen LogP contribution in [0.3, 0.4) is 0 Å². The Morgan fingerprint density at radius 3 is 2.81 bits per heavy atom. The first-order chi connectivity index (χ1) is 9.98. The van der Waals surface area contributed by atoms with Crippen molar-refractivity contribution in [1.82, 2.24) is 14.9 Å². The number of aromatic nitrogens is 2. The van der Waals surface area contributed by atoms with Crippen molar-refractivity contribution < 1.29 is 13.2 Å². The van der Waals surface area contributed by atoms with Crippen molar-refractivity contribution in [1.29, 1.82) is 0 Å². The molecule has 0 amide bonds. The molecule has 1 aliphatic heterocycles. The van der Waals surface area contributed by atoms with Gasteiger partial charge in [-0.3, -0.25) is 0 Å². The SMILES string of the molecule is FC(F)(F)c1cccc(Cl)c1-n1cncc1C1CCNC1. The highest BCUT2D eigenvalue weighted by Gasteiger charge is 2.35. The Hall–Kier alpha value is -1.53. The van der Waals surface area contributed by atoms with Crippen molar-refractivity contribution in [3.05, 3.63) is 47.0 Å². The highest BCUT2D eigenvalue weighted by atomic mass is 35.5. The van der Waals surface area contributed by atoms with E-state index in [-0.39, 0.29) is 16.6 Å². The van der Waals surface area contributed by atoms with Gasteiger partial charge in [-0.25, -0.2) is 4.98 Å². The molecule has 1 fully saturated rings. The maximum Gasteiger partial charge on any atom is 0.418 e. The van der Waals surface area contributed by atoms with Gasteiger partial charge in [0.25, 0.3) is 0 Å². The maximum absolute atomic E-state index is 13.2. The predicted molar refractivity (Wildman–Crippen MR) is 73.8 cm³/mol. The standard InChI is InChI=1S/C14H13ClF3N3/c15-11-3-1-2-10(14(16,17)18)13(11)21-8-20-7-12(21)9-4-5-19-6-9/h1-3,7-9,19H,4-6H2. The lowest BCUT2D eigenvalue weighted by Gasteiger charge is -2.18. The molecule has 3 rings (SSSR count). The van der Waals surface area contributed by atoms with E-state index in [9.17, 15) is 13.2 Å². The second kappa shape index (κ2) is 5.35. The Bertz CT molecular complexity index is 645. The van der Waals surface area contributed by atoms with E-state index in [1.54, 1.807) is 6.20 Å². The summed E-state index contributed by atoms with van der Waals surface area (Å²) >= 11 is 6.04. The Labute approximate surface area is 124 Å². The van der Waals surface area contributed by atoms with Crippen molar-refractivity contribution >= 4 is 11.6 Å². The van der Waals surface area contributed by atoms with Gasteiger partial charge in [0, 0.05) is 24.4 Å². The smallest absolute Gasteiger partial charge is 0.316 e. The maximum atomic E-state index is 13.2. The molecule has 0 aliphatic carbocycles. The second-order valence-electron chi connectivity index (χ2n) is 5.01. The summed E-state index contributed by atoms with van der Waals surface area (Å²) in [7, 11) is 0. The van der Waals surface area contributed by atoms with Crippen LogP contribution in [0.15, 0.2) is 30.7 Å². The van der Waals surface area contributed by atoms with Gasteiger partial charge < -0.3 is 9.88 Å². The Morgan fingerprint density at radius 1 is 1.33 bits per heavy atom. The number of nitrogens with zero attached hydrogens (tertiary/aromatic N) is 2. The molecule has 3 nitrogen and oxygen atoms in total. The molecule has 2 heterocycles. The molecule has 1 atom stereocenters. The first-order valence-electron chi connectivity index (χ1n) is 6.57. The van der Waals surface area contributed by atoms with Crippen molar-refractivity contribution in [3.8, 4) is 5.69 Å². The van der Waals surface area contributed by atoms with E-state index in [1.807, 2.05) is 0 Å². The summed E-state index contributed by atoms with van der Waals surface area (Å²) in [5.41, 5.74) is -0.0510. The third-order valence-electron chi connectivity index (χ3n) is 3.68. The van der Waals surface area contributed by atoms with Gasteiger partial charge in [0.05, 0.1) is 22.6 Å². The molecule has 1 N–H and O–H groups in total. The molecule has 1 unspecified atom stereocenters. The lowest BCUT2D eigenvalue weighted by molar-refractivity contribution is -0.137. The molecule has 21 heavy (non-hydrogen) atoms. The van der Waals surface area contributed by atoms with E-state index in [4.69, 9.17) is 11.6 Å². The minimum Gasteiger partial charge on any atom is -0.316 e. The zero-order valence-electron chi connectivity index (χ0n) is 11.0. The second-order valence-corrected chi connectivity index (χ2v) is 5.42. The summed E-state index contributed by atoms with van der Waals surface area (Å²) in [5.74, 6) is 0.143. The number of hydrogen-bond donors (Lipinski definition) is 1. The zero-order chi connectivity index (χ0) is 15.0. The summed E-state index contributed by atoms with van der Waals surface area (Å²) in [4.78, 5) is 4.02. The van der Waals surface area contributed by atoms with Crippen LogP contribution in [-0.2, 0) is 6.18 Å². The Kier molecular flexibility index (Phi) is 3.67. The highest BCUT2D eigenvalue weighted by molar-refractivity contribution is 6.32. The largest absolute Gasteiger partial charge is 0.418 e. The molecule has 0 spiro atoms. The molecule has 0 bridgehead atoms. The van der Waals surface area contributed by atoms with Crippen LogP contribution in [-0.4, -0.2) is 22.6 Å². The van der Waals surface area contributed by atoms with E-state index in [0.717, 1.165) is 31.3 Å². The van der Waals surface area contributed by atoms with Crippen LogP contribution in [0.1, 0.15) is 23.6 Å². The summed E-state index contributed by atoms with van der Waals surface area (Å²) in [6.45, 7) is 1.59. The van der Waals surface area contributed by atoms with Crippen molar-refractivity contribution in [2.45, 2.75) is 18.5 Å². The molecule has 1 saturated heterocycles. The normalized spacial score (nSPS) is 19.1. The Balaban J connectivity index is 2.15. The number of rotatable bonds is 2. The van der Waals surface area contributed by atoms with E-state index >= 15 is 0 Å². The lowest BCUT2D eigenvalue weighted by atomic mass is 10.0. The molecule has 1 aliphatic rings. The molecule has 1 aromatic carbocycles. The van der Waals surface area contributed by atoms with E-state index < -0.39 is 11.7 Å². The van der Waals surface area contributed by atoms with Crippen LogP contribution in [0, 0.1) is 0 Å². The number of alkyl halides is 3. The van der Waals surface area contributed by atoms with Crippen LogP contribution >= 0.6 is 11.6 Å². The van der Waals surface area contributed by atoms with Crippen LogP contribution < -0.4 is 5.32 Å². The molecule has 112 valence electrons. The fourth-order valence-electron chi connectivity index (χ4n) is 2.69. The molecule has 0 saturated carbocycles. The first-order valence-corrected chi connectivity index (χ1v) is 6.95. The molecular formula is C14H13ClF3N3. The predicted octanol–water partition coefficient (Wildman–Crippen LogP) is 3.62. The topological polar surface area (TPSA) is 29.9 Å². The fourth-order valence-corrected chi connectivity index (χ4v) is 2.96. The molecule has 2 aromatic rings. The average molecular weight is 316 g/mol. The Morgan fingerprint density at radius 2 is 2.14 bits per heavy atom. The summed E-state index contributed by atoms with van der Waals surface area (Å²) in [6.07, 6.45) is -0.585.